The molecule has 0 unspecified atom stereocenters. The molecule has 0 aliphatic heterocycles. The summed E-state index contributed by atoms with van der Waals surface area (Å²) in [5.74, 6) is 0. The van der Waals surface area contributed by atoms with Crippen LogP contribution in [0.2, 0.25) is 0 Å². The van der Waals surface area contributed by atoms with Gasteiger partial charge in [-0.25, -0.2) is 0 Å². The van der Waals surface area contributed by atoms with Gasteiger partial charge in [0, 0.05) is 19.7 Å². The molecule has 0 aromatic heterocycles. The molecule has 39 heavy (non-hydrogen) atoms. The molecule has 2 nitrogen and oxygen atoms in total. The summed E-state index contributed by atoms with van der Waals surface area (Å²) in [5.41, 5.74) is 9.17. The lowest BCUT2D eigenvalue weighted by molar-refractivity contribution is 0.504. The predicted molar refractivity (Wildman–Crippen MR) is 189 cm³/mol. The molecular weight excluding hydrogens is 472 g/mol. The van der Waals surface area contributed by atoms with E-state index in [4.69, 9.17) is 0 Å². The topological polar surface area (TPSA) is 24.7 Å². The van der Waals surface area contributed by atoms with Crippen molar-refractivity contribution in [2.45, 2.75) is 131 Å². The van der Waals surface area contributed by atoms with E-state index in [1.807, 2.05) is 55.5 Å². The third-order valence-corrected chi connectivity index (χ3v) is 6.00. The normalized spacial score (nSPS) is 13.3. The summed E-state index contributed by atoms with van der Waals surface area (Å²) in [4.78, 5) is 9.09. The molecule has 0 saturated heterocycles. The van der Waals surface area contributed by atoms with Gasteiger partial charge in [0.25, 0.3) is 0 Å². The minimum atomic E-state index is 0.167. The predicted octanol–water partition coefficient (Wildman–Crippen LogP) is 12.6. The molecule has 0 aromatic rings. The monoisotopic (exact) mass is 543 g/mol. The number of aliphatic imine (C=N–C) groups is 2. The van der Waals surface area contributed by atoms with Crippen LogP contribution in [0.3, 0.4) is 0 Å². The van der Waals surface area contributed by atoms with Crippen LogP contribution in [0.4, 0.5) is 0 Å². The highest BCUT2D eigenvalue weighted by atomic mass is 14.8. The van der Waals surface area contributed by atoms with E-state index in [1.54, 1.807) is 7.05 Å². The van der Waals surface area contributed by atoms with Crippen LogP contribution in [-0.2, 0) is 0 Å². The van der Waals surface area contributed by atoms with E-state index in [0.29, 0.717) is 5.41 Å². The van der Waals surface area contributed by atoms with Gasteiger partial charge >= 0.3 is 0 Å². The van der Waals surface area contributed by atoms with Crippen LogP contribution in [0.15, 0.2) is 80.9 Å². The Morgan fingerprint density at radius 1 is 0.667 bits per heavy atom. The Labute approximate surface area is 248 Å². The van der Waals surface area contributed by atoms with Crippen molar-refractivity contribution in [2.24, 2.45) is 20.8 Å². The van der Waals surface area contributed by atoms with Gasteiger partial charge in [0.15, 0.2) is 0 Å². The highest BCUT2D eigenvalue weighted by Gasteiger charge is 2.18. The molecule has 228 valence electrons. The van der Waals surface area contributed by atoms with E-state index < -0.39 is 0 Å². The zero-order valence-corrected chi connectivity index (χ0v) is 30.3. The average molecular weight is 543 g/mol. The molecule has 0 aromatic carbocycles. The fourth-order valence-corrected chi connectivity index (χ4v) is 2.34. The van der Waals surface area contributed by atoms with Crippen LogP contribution in [0.5, 0.6) is 0 Å². The largest absolute Gasteiger partial charge is 0.286 e. The summed E-state index contributed by atoms with van der Waals surface area (Å²) in [6.45, 7) is 45.8. The summed E-state index contributed by atoms with van der Waals surface area (Å²) in [5, 5.41) is 0. The van der Waals surface area contributed by atoms with Crippen LogP contribution in [0.1, 0.15) is 131 Å². The Balaban J connectivity index is -0.000000248. The number of hydrogen-bond acceptors (Lipinski definition) is 2. The molecule has 0 N–H and O–H groups in total. The van der Waals surface area contributed by atoms with Gasteiger partial charge in [0.05, 0.1) is 11.4 Å². The van der Waals surface area contributed by atoms with E-state index in [0.717, 1.165) is 34.6 Å². The van der Waals surface area contributed by atoms with Gasteiger partial charge in [-0.2, -0.15) is 0 Å². The molecule has 0 spiro atoms. The van der Waals surface area contributed by atoms with E-state index in [1.165, 1.54) is 16.7 Å². The Morgan fingerprint density at radius 3 is 1.31 bits per heavy atom. The first-order valence-electron chi connectivity index (χ1n) is 15.0. The van der Waals surface area contributed by atoms with Crippen molar-refractivity contribution in [3.05, 3.63) is 70.9 Å². The maximum Gasteiger partial charge on any atom is 0.0900 e. The van der Waals surface area contributed by atoms with E-state index in [9.17, 15) is 0 Å². The first-order chi connectivity index (χ1) is 18.0. The van der Waals surface area contributed by atoms with Gasteiger partial charge < -0.3 is 0 Å². The number of nitrogens with zero attached hydrogens (tertiary/aromatic N) is 2. The number of hydrogen-bond donors (Lipinski definition) is 0. The number of rotatable bonds is 7. The van der Waals surface area contributed by atoms with Crippen LogP contribution in [-0.4, -0.2) is 25.5 Å². The molecule has 0 radical (unpaired) electrons. The van der Waals surface area contributed by atoms with Crippen LogP contribution < -0.4 is 0 Å². The van der Waals surface area contributed by atoms with Crippen molar-refractivity contribution in [1.29, 1.82) is 0 Å². The maximum atomic E-state index is 4.58. The molecule has 0 rings (SSSR count). The summed E-state index contributed by atoms with van der Waals surface area (Å²) in [6.07, 6.45) is 9.61. The lowest BCUT2D eigenvalue weighted by atomic mass is 9.86. The second kappa shape index (κ2) is 26.0. The lowest BCUT2D eigenvalue weighted by Crippen LogP contribution is -2.20. The van der Waals surface area contributed by atoms with Crippen molar-refractivity contribution in [3.8, 4) is 0 Å². The van der Waals surface area contributed by atoms with Crippen molar-refractivity contribution >= 4 is 11.4 Å². The van der Waals surface area contributed by atoms with Crippen molar-refractivity contribution in [1.82, 2.24) is 0 Å². The summed E-state index contributed by atoms with van der Waals surface area (Å²) in [6, 6.07) is 0. The smallest absolute Gasteiger partial charge is 0.0900 e. The highest BCUT2D eigenvalue weighted by Crippen LogP contribution is 2.26. The van der Waals surface area contributed by atoms with E-state index in [2.05, 4.69) is 124 Å². The summed E-state index contributed by atoms with van der Waals surface area (Å²) >= 11 is 0. The van der Waals surface area contributed by atoms with Gasteiger partial charge in [-0.3, -0.25) is 9.98 Å². The van der Waals surface area contributed by atoms with Gasteiger partial charge in [0.1, 0.15) is 0 Å². The molecule has 0 aliphatic carbocycles. The zero-order chi connectivity index (χ0) is 32.6. The highest BCUT2D eigenvalue weighted by molar-refractivity contribution is 6.55. The zero-order valence-electron chi connectivity index (χ0n) is 30.3. The van der Waals surface area contributed by atoms with Crippen molar-refractivity contribution in [2.75, 3.05) is 14.1 Å². The second-order valence-electron chi connectivity index (χ2n) is 10.6. The quantitative estimate of drug-likeness (QED) is 0.174. The molecule has 0 fully saturated rings. The molecule has 0 bridgehead atoms. The third kappa shape index (κ3) is 21.3. The minimum absolute atomic E-state index is 0.167. The average Bonchev–Trinajstić information content (AvgIpc) is 2.90. The van der Waals surface area contributed by atoms with Gasteiger partial charge in [-0.05, 0) is 68.6 Å². The molecule has 0 amide bonds. The van der Waals surface area contributed by atoms with Gasteiger partial charge in [-0.15, -0.1) is 0 Å². The molecule has 0 aliphatic rings. The van der Waals surface area contributed by atoms with Gasteiger partial charge in [-0.1, -0.05) is 139 Å². The standard InChI is InChI=1S/C24H38N2.C7H14.3C2H6/c1-12-14-21(18(4)15-16-19(5)24(7,8)9)23(26-11)22(25-10)20(6)17(3)13-2;1-6(2)7(3,4)5;3*1-2/h13-16H,6,12H2,1-5,7-11H3;1H2,2-5H3;3*1-2H3/b17-13+,18-15+,19-16+,21-14-,25-22?,26-23?;;;;. The fraction of sp³-hybridized carbons (Fsp3) is 0.622. The lowest BCUT2D eigenvalue weighted by Gasteiger charge is -2.19. The summed E-state index contributed by atoms with van der Waals surface area (Å²) < 4.78 is 0. The number of allylic oxidation sites excluding steroid dienone is 10. The second-order valence-corrected chi connectivity index (χ2v) is 10.6. The molecule has 0 saturated carbocycles. The van der Waals surface area contributed by atoms with Crippen LogP contribution in [0.25, 0.3) is 0 Å². The molecule has 0 atom stereocenters. The van der Waals surface area contributed by atoms with Crippen LogP contribution in [0, 0.1) is 10.8 Å². The minimum Gasteiger partial charge on any atom is -0.286 e. The van der Waals surface area contributed by atoms with Crippen LogP contribution >= 0.6 is 0 Å². The van der Waals surface area contributed by atoms with E-state index in [-0.39, 0.29) is 5.41 Å². The Morgan fingerprint density at radius 2 is 1.05 bits per heavy atom. The first kappa shape index (κ1) is 46.6. The van der Waals surface area contributed by atoms with Gasteiger partial charge in [0.2, 0.25) is 0 Å². The van der Waals surface area contributed by atoms with Crippen molar-refractivity contribution < 1.29 is 0 Å². The Hall–Kier alpha value is -2.22. The molecule has 0 heterocycles. The Kier molecular flexibility index (Phi) is 31.1. The molecular formula is C37H70N2. The van der Waals surface area contributed by atoms with Crippen molar-refractivity contribution in [3.63, 3.8) is 0 Å². The maximum absolute atomic E-state index is 4.58. The Bertz CT molecular complexity index is 852. The third-order valence-electron chi connectivity index (χ3n) is 6.00. The first-order valence-corrected chi connectivity index (χ1v) is 15.0. The summed E-state index contributed by atoms with van der Waals surface area (Å²) in [7, 11) is 3.63. The fourth-order valence-electron chi connectivity index (χ4n) is 2.34. The SMILES string of the molecule is C=C(C(=NC)C(=NC)C(=C\CC)/C(C)=C/C=C(\C)C(C)(C)C)/C(C)=C/C.C=C(C)C(C)(C)C.CC.CC.CC. The van der Waals surface area contributed by atoms with E-state index >= 15 is 0 Å². The molecule has 2 heteroatoms.